The van der Waals surface area contributed by atoms with Gasteiger partial charge < -0.3 is 10.5 Å². The third-order valence-corrected chi connectivity index (χ3v) is 2.51. The van der Waals surface area contributed by atoms with Crippen molar-refractivity contribution in [3.8, 4) is 5.75 Å². The van der Waals surface area contributed by atoms with Crippen LogP contribution >= 0.6 is 0 Å². The van der Waals surface area contributed by atoms with Crippen LogP contribution in [0, 0.1) is 11.7 Å². The van der Waals surface area contributed by atoms with Crippen LogP contribution in [0.25, 0.3) is 6.08 Å². The van der Waals surface area contributed by atoms with Crippen molar-refractivity contribution in [3.63, 3.8) is 0 Å². The number of nitrogens with two attached hydrogens (primary N) is 1. The molecule has 2 N–H and O–H groups in total. The summed E-state index contributed by atoms with van der Waals surface area (Å²) in [5.41, 5.74) is 7.54. The van der Waals surface area contributed by atoms with Gasteiger partial charge >= 0.3 is 0 Å². The van der Waals surface area contributed by atoms with E-state index in [4.69, 9.17) is 10.5 Å². The fourth-order valence-corrected chi connectivity index (χ4v) is 1.45. The van der Waals surface area contributed by atoms with Crippen LogP contribution in [0.3, 0.4) is 0 Å². The molecule has 0 saturated heterocycles. The van der Waals surface area contributed by atoms with Gasteiger partial charge in [0.25, 0.3) is 0 Å². The van der Waals surface area contributed by atoms with Crippen LogP contribution in [0.15, 0.2) is 23.8 Å². The van der Waals surface area contributed by atoms with Crippen molar-refractivity contribution in [2.75, 3.05) is 13.7 Å². The summed E-state index contributed by atoms with van der Waals surface area (Å²) in [5, 5.41) is 0. The van der Waals surface area contributed by atoms with Crippen LogP contribution in [0.4, 0.5) is 4.39 Å². The summed E-state index contributed by atoms with van der Waals surface area (Å²) in [6.07, 6.45) is 1.92. The summed E-state index contributed by atoms with van der Waals surface area (Å²) >= 11 is 0. The van der Waals surface area contributed by atoms with E-state index in [0.717, 1.165) is 11.1 Å². The number of methoxy groups -OCH3 is 1. The minimum atomic E-state index is -0.351. The molecule has 0 heterocycles. The number of halogens is 1. The highest BCUT2D eigenvalue weighted by Crippen LogP contribution is 2.20. The molecule has 0 bridgehead atoms. The molecule has 0 aliphatic heterocycles. The average Bonchev–Trinajstić information content (AvgIpc) is 2.25. The maximum atomic E-state index is 13.4. The van der Waals surface area contributed by atoms with Gasteiger partial charge in [-0.3, -0.25) is 0 Å². The maximum absolute atomic E-state index is 13.4. The molecule has 3 heteroatoms. The Kier molecular flexibility index (Phi) is 4.50. The molecule has 2 nitrogen and oxygen atoms in total. The summed E-state index contributed by atoms with van der Waals surface area (Å²) in [7, 11) is 1.45. The van der Waals surface area contributed by atoms with E-state index in [2.05, 4.69) is 13.8 Å². The molecule has 1 aromatic rings. The van der Waals surface area contributed by atoms with Gasteiger partial charge in [-0.1, -0.05) is 31.6 Å². The molecule has 0 aliphatic rings. The van der Waals surface area contributed by atoms with E-state index in [9.17, 15) is 4.39 Å². The second-order valence-corrected chi connectivity index (χ2v) is 3.97. The molecule has 0 atom stereocenters. The average molecular weight is 223 g/mol. The highest BCUT2D eigenvalue weighted by atomic mass is 19.1. The van der Waals surface area contributed by atoms with E-state index in [1.165, 1.54) is 13.2 Å². The molecule has 0 aliphatic carbocycles. The Morgan fingerprint density at radius 2 is 2.19 bits per heavy atom. The van der Waals surface area contributed by atoms with Crippen LogP contribution < -0.4 is 10.5 Å². The summed E-state index contributed by atoms with van der Waals surface area (Å²) in [6.45, 7) is 4.63. The van der Waals surface area contributed by atoms with Crippen molar-refractivity contribution < 1.29 is 9.13 Å². The molecular formula is C13H18FNO. The standard InChI is InChI=1S/C13H18FNO/c1-9(2)11(8-15)6-10-4-5-13(16-3)12(14)7-10/h4-7,9H,8,15H2,1-3H3. The van der Waals surface area contributed by atoms with Crippen LogP contribution in [0.1, 0.15) is 19.4 Å². The third-order valence-electron chi connectivity index (χ3n) is 2.51. The van der Waals surface area contributed by atoms with Crippen LogP contribution in [0.5, 0.6) is 5.75 Å². The van der Waals surface area contributed by atoms with Crippen LogP contribution in [-0.2, 0) is 0 Å². The lowest BCUT2D eigenvalue weighted by atomic mass is 10.0. The molecule has 0 spiro atoms. The van der Waals surface area contributed by atoms with Gasteiger partial charge in [0.15, 0.2) is 11.6 Å². The van der Waals surface area contributed by atoms with E-state index in [-0.39, 0.29) is 11.6 Å². The Hall–Kier alpha value is -1.35. The molecule has 0 amide bonds. The van der Waals surface area contributed by atoms with Gasteiger partial charge in [0, 0.05) is 6.54 Å². The maximum Gasteiger partial charge on any atom is 0.165 e. The molecule has 0 radical (unpaired) electrons. The topological polar surface area (TPSA) is 35.2 Å². The smallest absolute Gasteiger partial charge is 0.165 e. The fraction of sp³-hybridized carbons (Fsp3) is 0.385. The number of hydrogen-bond acceptors (Lipinski definition) is 2. The quantitative estimate of drug-likeness (QED) is 0.851. The molecule has 0 unspecified atom stereocenters. The Balaban J connectivity index is 3.01. The first-order valence-electron chi connectivity index (χ1n) is 5.32. The third kappa shape index (κ3) is 3.07. The van der Waals surface area contributed by atoms with Gasteiger partial charge in [-0.15, -0.1) is 0 Å². The first kappa shape index (κ1) is 12.7. The van der Waals surface area contributed by atoms with E-state index < -0.39 is 0 Å². The summed E-state index contributed by atoms with van der Waals surface area (Å²) in [4.78, 5) is 0. The lowest BCUT2D eigenvalue weighted by Gasteiger charge is -2.09. The molecular weight excluding hydrogens is 205 g/mol. The summed E-state index contributed by atoms with van der Waals surface area (Å²) in [5.74, 6) is 0.280. The van der Waals surface area contributed by atoms with Gasteiger partial charge in [-0.2, -0.15) is 0 Å². The van der Waals surface area contributed by atoms with Gasteiger partial charge in [-0.05, 0) is 23.6 Å². The molecule has 0 saturated carbocycles. The van der Waals surface area contributed by atoms with E-state index in [1.54, 1.807) is 6.07 Å². The van der Waals surface area contributed by atoms with Gasteiger partial charge in [-0.25, -0.2) is 4.39 Å². The molecule has 0 aromatic heterocycles. The van der Waals surface area contributed by atoms with Crippen molar-refractivity contribution in [1.82, 2.24) is 0 Å². The van der Waals surface area contributed by atoms with Gasteiger partial charge in [0.1, 0.15) is 0 Å². The fourth-order valence-electron chi connectivity index (χ4n) is 1.45. The first-order chi connectivity index (χ1) is 7.58. The van der Waals surface area contributed by atoms with Gasteiger partial charge in [0.2, 0.25) is 0 Å². The molecule has 88 valence electrons. The Bertz CT molecular complexity index is 386. The highest BCUT2D eigenvalue weighted by Gasteiger charge is 2.04. The monoisotopic (exact) mass is 223 g/mol. The minimum absolute atomic E-state index is 0.260. The lowest BCUT2D eigenvalue weighted by Crippen LogP contribution is -2.08. The Morgan fingerprint density at radius 1 is 1.50 bits per heavy atom. The molecule has 0 fully saturated rings. The summed E-state index contributed by atoms with van der Waals surface area (Å²) < 4.78 is 18.3. The van der Waals surface area contributed by atoms with E-state index >= 15 is 0 Å². The van der Waals surface area contributed by atoms with E-state index in [0.29, 0.717) is 12.5 Å². The molecule has 16 heavy (non-hydrogen) atoms. The van der Waals surface area contributed by atoms with Crippen molar-refractivity contribution in [2.24, 2.45) is 11.7 Å². The number of rotatable bonds is 4. The number of ether oxygens (including phenoxy) is 1. The molecule has 1 rings (SSSR count). The van der Waals surface area contributed by atoms with Gasteiger partial charge in [0.05, 0.1) is 7.11 Å². The minimum Gasteiger partial charge on any atom is -0.494 e. The number of hydrogen-bond donors (Lipinski definition) is 1. The zero-order valence-corrected chi connectivity index (χ0v) is 9.96. The zero-order valence-electron chi connectivity index (χ0n) is 9.96. The second-order valence-electron chi connectivity index (χ2n) is 3.97. The number of benzene rings is 1. The van der Waals surface area contributed by atoms with Crippen LogP contribution in [0.2, 0.25) is 0 Å². The van der Waals surface area contributed by atoms with Crippen molar-refractivity contribution in [2.45, 2.75) is 13.8 Å². The van der Waals surface area contributed by atoms with Crippen LogP contribution in [-0.4, -0.2) is 13.7 Å². The Morgan fingerprint density at radius 3 is 2.62 bits per heavy atom. The highest BCUT2D eigenvalue weighted by molar-refractivity contribution is 5.55. The summed E-state index contributed by atoms with van der Waals surface area (Å²) in [6, 6.07) is 4.90. The zero-order chi connectivity index (χ0) is 12.1. The second kappa shape index (κ2) is 5.66. The van der Waals surface area contributed by atoms with Crippen molar-refractivity contribution in [1.29, 1.82) is 0 Å². The van der Waals surface area contributed by atoms with Crippen molar-refractivity contribution >= 4 is 6.08 Å². The molecule has 1 aromatic carbocycles. The first-order valence-corrected chi connectivity index (χ1v) is 5.32. The SMILES string of the molecule is COc1ccc(C=C(CN)C(C)C)cc1F. The predicted molar refractivity (Wildman–Crippen MR) is 64.8 cm³/mol. The Labute approximate surface area is 95.9 Å². The van der Waals surface area contributed by atoms with Crippen molar-refractivity contribution in [3.05, 3.63) is 35.2 Å². The predicted octanol–water partition coefficient (Wildman–Crippen LogP) is 2.83. The normalized spacial score (nSPS) is 12.0. The van der Waals surface area contributed by atoms with E-state index in [1.807, 2.05) is 12.1 Å². The lowest BCUT2D eigenvalue weighted by molar-refractivity contribution is 0.386. The largest absolute Gasteiger partial charge is 0.494 e.